The number of benzene rings is 1. The lowest BCUT2D eigenvalue weighted by atomic mass is 10.1. The number of ether oxygens (including phenoxy) is 2. The van der Waals surface area contributed by atoms with Gasteiger partial charge in [0.1, 0.15) is 6.10 Å². The maximum absolute atomic E-state index is 12.1. The molecule has 1 aromatic carbocycles. The summed E-state index contributed by atoms with van der Waals surface area (Å²) < 4.78 is 33.4. The van der Waals surface area contributed by atoms with Crippen molar-refractivity contribution in [3.63, 3.8) is 0 Å². The number of hydrogen-bond acceptors (Lipinski definition) is 5. The Bertz CT molecular complexity index is 632. The summed E-state index contributed by atoms with van der Waals surface area (Å²) in [6.07, 6.45) is 0.372. The van der Waals surface area contributed by atoms with Crippen LogP contribution in [0.15, 0.2) is 17.0 Å². The second kappa shape index (κ2) is 5.71. The van der Waals surface area contributed by atoms with Gasteiger partial charge in [-0.25, -0.2) is 13.2 Å². The van der Waals surface area contributed by atoms with Crippen molar-refractivity contribution in [1.29, 1.82) is 0 Å². The monoisotopic (exact) mass is 318 g/mol. The standard InChI is InChI=1S/C13H15ClO5S/c1-8-5-9(2)12(20(14,16)17)6-11(8)13(15)19-10-3-4-18-7-10/h5-6,10H,3-4,7H2,1-2H3. The molecule has 0 saturated carbocycles. The summed E-state index contributed by atoms with van der Waals surface area (Å²) in [5.74, 6) is -0.556. The predicted molar refractivity (Wildman–Crippen MR) is 73.6 cm³/mol. The Balaban J connectivity index is 2.33. The minimum atomic E-state index is -3.89. The molecule has 2 rings (SSSR count). The van der Waals surface area contributed by atoms with Crippen molar-refractivity contribution in [2.24, 2.45) is 0 Å². The van der Waals surface area contributed by atoms with Crippen molar-refractivity contribution in [3.8, 4) is 0 Å². The summed E-state index contributed by atoms with van der Waals surface area (Å²) in [6.45, 7) is 4.28. The zero-order valence-corrected chi connectivity index (χ0v) is 12.8. The van der Waals surface area contributed by atoms with E-state index >= 15 is 0 Å². The highest BCUT2D eigenvalue weighted by Crippen LogP contribution is 2.24. The molecule has 1 aliphatic rings. The summed E-state index contributed by atoms with van der Waals surface area (Å²) >= 11 is 0. The average Bonchev–Trinajstić information content (AvgIpc) is 2.79. The van der Waals surface area contributed by atoms with Gasteiger partial charge in [-0.1, -0.05) is 6.07 Å². The van der Waals surface area contributed by atoms with Gasteiger partial charge in [0.2, 0.25) is 0 Å². The number of esters is 1. The highest BCUT2D eigenvalue weighted by Gasteiger charge is 2.24. The summed E-state index contributed by atoms with van der Waals surface area (Å²) in [4.78, 5) is 12.0. The van der Waals surface area contributed by atoms with Gasteiger partial charge in [-0.15, -0.1) is 0 Å². The van der Waals surface area contributed by atoms with Gasteiger partial charge in [-0.2, -0.15) is 0 Å². The molecule has 1 fully saturated rings. The smallest absolute Gasteiger partial charge is 0.338 e. The highest BCUT2D eigenvalue weighted by molar-refractivity contribution is 8.13. The molecule has 0 aliphatic carbocycles. The fourth-order valence-corrected chi connectivity index (χ4v) is 3.34. The summed E-state index contributed by atoms with van der Waals surface area (Å²) in [5.41, 5.74) is 1.36. The molecular weight excluding hydrogens is 304 g/mol. The first-order valence-corrected chi connectivity index (χ1v) is 8.44. The number of halogens is 1. The third kappa shape index (κ3) is 3.31. The Hall–Kier alpha value is -1.11. The molecule has 1 atom stereocenters. The van der Waals surface area contributed by atoms with E-state index in [9.17, 15) is 13.2 Å². The number of carbonyl (C=O) groups is 1. The molecule has 0 N–H and O–H groups in total. The molecule has 1 saturated heterocycles. The zero-order chi connectivity index (χ0) is 14.9. The van der Waals surface area contributed by atoms with Crippen LogP contribution in [-0.4, -0.2) is 33.7 Å². The normalized spacial score (nSPS) is 19.1. The first-order chi connectivity index (χ1) is 9.29. The van der Waals surface area contributed by atoms with Gasteiger partial charge in [0, 0.05) is 17.1 Å². The van der Waals surface area contributed by atoms with Gasteiger partial charge in [0.15, 0.2) is 0 Å². The van der Waals surface area contributed by atoms with E-state index in [-0.39, 0.29) is 16.6 Å². The van der Waals surface area contributed by atoms with Crippen molar-refractivity contribution < 1.29 is 22.7 Å². The van der Waals surface area contributed by atoms with E-state index in [1.165, 1.54) is 6.07 Å². The predicted octanol–water partition coefficient (Wildman–Crippen LogP) is 2.18. The van der Waals surface area contributed by atoms with Crippen LogP contribution in [0.2, 0.25) is 0 Å². The second-order valence-corrected chi connectivity index (χ2v) is 7.30. The number of hydrogen-bond donors (Lipinski definition) is 0. The SMILES string of the molecule is Cc1cc(C)c(S(=O)(=O)Cl)cc1C(=O)OC1CCOC1. The number of rotatable bonds is 3. The van der Waals surface area contributed by atoms with E-state index < -0.39 is 15.0 Å². The molecule has 1 aliphatic heterocycles. The van der Waals surface area contributed by atoms with Crippen molar-refractivity contribution in [1.82, 2.24) is 0 Å². The fraction of sp³-hybridized carbons (Fsp3) is 0.462. The quantitative estimate of drug-likeness (QED) is 0.631. The Kier molecular flexibility index (Phi) is 4.36. The zero-order valence-electron chi connectivity index (χ0n) is 11.2. The Morgan fingerprint density at radius 1 is 1.35 bits per heavy atom. The molecule has 0 bridgehead atoms. The van der Waals surface area contributed by atoms with Gasteiger partial charge in [0.25, 0.3) is 9.05 Å². The molecule has 0 spiro atoms. The van der Waals surface area contributed by atoms with E-state index in [0.717, 1.165) is 0 Å². The molecule has 0 radical (unpaired) electrons. The molecule has 0 amide bonds. The van der Waals surface area contributed by atoms with E-state index in [0.29, 0.717) is 30.8 Å². The average molecular weight is 319 g/mol. The maximum Gasteiger partial charge on any atom is 0.338 e. The number of carbonyl (C=O) groups excluding carboxylic acids is 1. The van der Waals surface area contributed by atoms with Crippen molar-refractivity contribution in [3.05, 3.63) is 28.8 Å². The topological polar surface area (TPSA) is 69.7 Å². The molecule has 7 heteroatoms. The third-order valence-electron chi connectivity index (χ3n) is 3.17. The van der Waals surface area contributed by atoms with Crippen LogP contribution in [0.3, 0.4) is 0 Å². The Morgan fingerprint density at radius 3 is 2.60 bits per heavy atom. The maximum atomic E-state index is 12.1. The molecule has 0 aromatic heterocycles. The molecule has 110 valence electrons. The summed E-state index contributed by atoms with van der Waals surface area (Å²) in [5, 5.41) is 0. The largest absolute Gasteiger partial charge is 0.456 e. The van der Waals surface area contributed by atoms with Crippen LogP contribution >= 0.6 is 10.7 Å². The highest BCUT2D eigenvalue weighted by atomic mass is 35.7. The van der Waals surface area contributed by atoms with Crippen molar-refractivity contribution in [2.75, 3.05) is 13.2 Å². The summed E-state index contributed by atoms with van der Waals surface area (Å²) in [6, 6.07) is 2.88. The Labute approximate surface area is 122 Å². The minimum Gasteiger partial charge on any atom is -0.456 e. The van der Waals surface area contributed by atoms with Crippen LogP contribution in [0.5, 0.6) is 0 Å². The van der Waals surface area contributed by atoms with Crippen LogP contribution in [0, 0.1) is 13.8 Å². The lowest BCUT2D eigenvalue weighted by Crippen LogP contribution is -2.19. The number of aryl methyl sites for hydroxylation is 2. The molecule has 1 aromatic rings. The van der Waals surface area contributed by atoms with Gasteiger partial charge >= 0.3 is 5.97 Å². The van der Waals surface area contributed by atoms with Crippen LogP contribution in [0.25, 0.3) is 0 Å². The summed E-state index contributed by atoms with van der Waals surface area (Å²) in [7, 11) is 1.47. The minimum absolute atomic E-state index is 0.0700. The van der Waals surface area contributed by atoms with E-state index in [2.05, 4.69) is 0 Å². The van der Waals surface area contributed by atoms with E-state index in [1.807, 2.05) is 0 Å². The molecule has 1 heterocycles. The first kappa shape index (κ1) is 15.3. The Morgan fingerprint density at radius 2 is 2.05 bits per heavy atom. The van der Waals surface area contributed by atoms with Gasteiger partial charge in [-0.3, -0.25) is 0 Å². The third-order valence-corrected chi connectivity index (χ3v) is 4.63. The molecular formula is C13H15ClO5S. The van der Waals surface area contributed by atoms with E-state index in [1.54, 1.807) is 19.9 Å². The second-order valence-electron chi connectivity index (χ2n) is 4.76. The van der Waals surface area contributed by atoms with Gasteiger partial charge in [-0.05, 0) is 31.0 Å². The lowest BCUT2D eigenvalue weighted by molar-refractivity contribution is 0.0269. The molecule has 20 heavy (non-hydrogen) atoms. The van der Waals surface area contributed by atoms with E-state index in [4.69, 9.17) is 20.2 Å². The lowest BCUT2D eigenvalue weighted by Gasteiger charge is -2.13. The van der Waals surface area contributed by atoms with Crippen LogP contribution in [-0.2, 0) is 18.5 Å². The van der Waals surface area contributed by atoms with Crippen molar-refractivity contribution in [2.45, 2.75) is 31.3 Å². The molecule has 1 unspecified atom stereocenters. The van der Waals surface area contributed by atoms with Crippen LogP contribution < -0.4 is 0 Å². The fourth-order valence-electron chi connectivity index (χ4n) is 2.14. The van der Waals surface area contributed by atoms with Gasteiger partial charge < -0.3 is 9.47 Å². The van der Waals surface area contributed by atoms with Crippen molar-refractivity contribution >= 4 is 25.7 Å². The van der Waals surface area contributed by atoms with Gasteiger partial charge in [0.05, 0.1) is 23.7 Å². The van der Waals surface area contributed by atoms with Crippen LogP contribution in [0.4, 0.5) is 0 Å². The van der Waals surface area contributed by atoms with Crippen LogP contribution in [0.1, 0.15) is 27.9 Å². The first-order valence-electron chi connectivity index (χ1n) is 6.13. The molecule has 5 nitrogen and oxygen atoms in total.